The summed E-state index contributed by atoms with van der Waals surface area (Å²) in [5.41, 5.74) is 1.35. The first-order chi connectivity index (χ1) is 10.6. The smallest absolute Gasteiger partial charge is 0.191 e. The van der Waals surface area contributed by atoms with Crippen molar-refractivity contribution in [2.75, 3.05) is 27.2 Å². The molecule has 1 aliphatic rings. The molecule has 0 heterocycles. The van der Waals surface area contributed by atoms with Crippen molar-refractivity contribution < 1.29 is 0 Å². The van der Waals surface area contributed by atoms with E-state index in [1.54, 1.807) is 0 Å². The summed E-state index contributed by atoms with van der Waals surface area (Å²) >= 11 is 0. The quantitative estimate of drug-likeness (QED) is 0.397. The predicted molar refractivity (Wildman–Crippen MR) is 110 cm³/mol. The fraction of sp³-hybridized carbons (Fsp3) is 0.611. The van der Waals surface area contributed by atoms with Crippen molar-refractivity contribution in [3.8, 4) is 0 Å². The minimum atomic E-state index is 0. The van der Waals surface area contributed by atoms with Gasteiger partial charge in [0.1, 0.15) is 0 Å². The molecule has 1 aromatic carbocycles. The van der Waals surface area contributed by atoms with Crippen LogP contribution in [0.1, 0.15) is 38.2 Å². The van der Waals surface area contributed by atoms with Gasteiger partial charge in [-0.3, -0.25) is 9.89 Å². The molecule has 0 bridgehead atoms. The topological polar surface area (TPSA) is 39.7 Å². The number of hydrogen-bond donors (Lipinski definition) is 2. The maximum atomic E-state index is 4.32. The molecule has 5 heteroatoms. The molecule has 1 aliphatic carbocycles. The number of nitrogens with one attached hydrogen (secondary N) is 2. The third-order valence-corrected chi connectivity index (χ3v) is 4.55. The SMILES string of the molecule is CN=C(NCC(C)c1ccccc1)NCC(C)N(C)C1CC1.I. The molecule has 1 fully saturated rings. The van der Waals surface area contributed by atoms with Crippen molar-refractivity contribution >= 4 is 29.9 Å². The zero-order valence-corrected chi connectivity index (χ0v) is 17.1. The van der Waals surface area contributed by atoms with E-state index in [1.165, 1.54) is 18.4 Å². The van der Waals surface area contributed by atoms with Gasteiger partial charge in [-0.2, -0.15) is 0 Å². The number of likely N-dealkylation sites (N-methyl/N-ethyl adjacent to an activating group) is 1. The van der Waals surface area contributed by atoms with E-state index in [4.69, 9.17) is 0 Å². The second kappa shape index (κ2) is 10.1. The number of rotatable bonds is 7. The van der Waals surface area contributed by atoms with Gasteiger partial charge in [-0.1, -0.05) is 37.3 Å². The van der Waals surface area contributed by atoms with E-state index in [9.17, 15) is 0 Å². The van der Waals surface area contributed by atoms with E-state index in [2.05, 4.69) is 71.8 Å². The van der Waals surface area contributed by atoms with Crippen molar-refractivity contribution in [1.29, 1.82) is 0 Å². The molecule has 4 nitrogen and oxygen atoms in total. The Morgan fingerprint density at radius 1 is 1.17 bits per heavy atom. The van der Waals surface area contributed by atoms with E-state index >= 15 is 0 Å². The fourth-order valence-electron chi connectivity index (χ4n) is 2.60. The van der Waals surface area contributed by atoms with Crippen LogP contribution < -0.4 is 10.6 Å². The van der Waals surface area contributed by atoms with Crippen LogP contribution in [0.15, 0.2) is 35.3 Å². The molecule has 0 aromatic heterocycles. The first kappa shape index (κ1) is 20.2. The largest absolute Gasteiger partial charge is 0.356 e. The third kappa shape index (κ3) is 6.67. The van der Waals surface area contributed by atoms with Crippen LogP contribution in [-0.2, 0) is 0 Å². The van der Waals surface area contributed by atoms with Gasteiger partial charge in [-0.25, -0.2) is 0 Å². The zero-order chi connectivity index (χ0) is 15.9. The second-order valence-corrected chi connectivity index (χ2v) is 6.39. The van der Waals surface area contributed by atoms with Crippen LogP contribution in [0.4, 0.5) is 0 Å². The lowest BCUT2D eigenvalue weighted by atomic mass is 10.0. The number of guanidine groups is 1. The number of halogens is 1. The first-order valence-corrected chi connectivity index (χ1v) is 8.33. The molecule has 2 unspecified atom stereocenters. The second-order valence-electron chi connectivity index (χ2n) is 6.39. The number of benzene rings is 1. The molecular formula is C18H31IN4. The molecule has 23 heavy (non-hydrogen) atoms. The van der Waals surface area contributed by atoms with Crippen LogP contribution in [0, 0.1) is 0 Å². The molecule has 0 aliphatic heterocycles. The highest BCUT2D eigenvalue weighted by molar-refractivity contribution is 14.0. The number of nitrogens with zero attached hydrogens (tertiary/aromatic N) is 2. The lowest BCUT2D eigenvalue weighted by Gasteiger charge is -2.25. The van der Waals surface area contributed by atoms with Crippen LogP contribution in [0.5, 0.6) is 0 Å². The maximum Gasteiger partial charge on any atom is 0.191 e. The normalized spacial score (nSPS) is 17.3. The van der Waals surface area contributed by atoms with Gasteiger partial charge < -0.3 is 10.6 Å². The Kier molecular flexibility index (Phi) is 8.91. The Labute approximate surface area is 158 Å². The molecule has 2 atom stereocenters. The molecule has 1 saturated carbocycles. The first-order valence-electron chi connectivity index (χ1n) is 8.33. The predicted octanol–water partition coefficient (Wildman–Crippen LogP) is 3.06. The maximum absolute atomic E-state index is 4.32. The molecule has 0 spiro atoms. The fourth-order valence-corrected chi connectivity index (χ4v) is 2.60. The zero-order valence-electron chi connectivity index (χ0n) is 14.7. The Balaban J connectivity index is 0.00000264. The summed E-state index contributed by atoms with van der Waals surface area (Å²) in [6, 6.07) is 11.9. The Hall–Kier alpha value is -0.820. The van der Waals surface area contributed by atoms with Crippen molar-refractivity contribution in [2.45, 2.75) is 44.7 Å². The van der Waals surface area contributed by atoms with E-state index < -0.39 is 0 Å². The number of hydrogen-bond acceptors (Lipinski definition) is 2. The summed E-state index contributed by atoms with van der Waals surface area (Å²) in [5.74, 6) is 1.35. The minimum absolute atomic E-state index is 0. The highest BCUT2D eigenvalue weighted by Crippen LogP contribution is 2.26. The van der Waals surface area contributed by atoms with Gasteiger partial charge in [0.15, 0.2) is 5.96 Å². The summed E-state index contributed by atoms with van der Waals surface area (Å²) in [6.45, 7) is 6.31. The van der Waals surface area contributed by atoms with Gasteiger partial charge in [0, 0.05) is 32.2 Å². The third-order valence-electron chi connectivity index (χ3n) is 4.55. The summed E-state index contributed by atoms with van der Waals surface area (Å²) in [5, 5.41) is 6.86. The van der Waals surface area contributed by atoms with Crippen LogP contribution in [0.3, 0.4) is 0 Å². The Morgan fingerprint density at radius 2 is 1.78 bits per heavy atom. The Bertz CT molecular complexity index is 473. The molecular weight excluding hydrogens is 399 g/mol. The van der Waals surface area contributed by atoms with Crippen molar-refractivity contribution in [3.63, 3.8) is 0 Å². The summed E-state index contributed by atoms with van der Waals surface area (Å²) in [4.78, 5) is 6.79. The van der Waals surface area contributed by atoms with Gasteiger partial charge in [-0.05, 0) is 38.3 Å². The molecule has 130 valence electrons. The van der Waals surface area contributed by atoms with Crippen LogP contribution in [0.25, 0.3) is 0 Å². The standard InChI is InChI=1S/C18H30N4.HI/c1-14(16-8-6-5-7-9-16)12-20-18(19-3)21-13-15(2)22(4)17-10-11-17;/h5-9,14-15,17H,10-13H2,1-4H3,(H2,19,20,21);1H. The van der Waals surface area contributed by atoms with E-state index in [0.717, 1.165) is 25.1 Å². The molecule has 0 radical (unpaired) electrons. The summed E-state index contributed by atoms with van der Waals surface area (Å²) in [7, 11) is 4.05. The number of aliphatic imine (C=N–C) groups is 1. The monoisotopic (exact) mass is 430 g/mol. The van der Waals surface area contributed by atoms with Gasteiger partial charge in [0.2, 0.25) is 0 Å². The van der Waals surface area contributed by atoms with Crippen molar-refractivity contribution in [3.05, 3.63) is 35.9 Å². The van der Waals surface area contributed by atoms with E-state index in [0.29, 0.717) is 12.0 Å². The van der Waals surface area contributed by atoms with E-state index in [-0.39, 0.29) is 24.0 Å². The van der Waals surface area contributed by atoms with Gasteiger partial charge in [0.05, 0.1) is 0 Å². The molecule has 2 N–H and O–H groups in total. The summed E-state index contributed by atoms with van der Waals surface area (Å²) in [6.07, 6.45) is 2.70. The lowest BCUT2D eigenvalue weighted by Crippen LogP contribution is -2.46. The van der Waals surface area contributed by atoms with Gasteiger partial charge >= 0.3 is 0 Å². The van der Waals surface area contributed by atoms with Crippen molar-refractivity contribution in [2.24, 2.45) is 4.99 Å². The molecule has 1 aromatic rings. The average Bonchev–Trinajstić information content (AvgIpc) is 3.39. The molecule has 2 rings (SSSR count). The van der Waals surface area contributed by atoms with Crippen LogP contribution >= 0.6 is 24.0 Å². The van der Waals surface area contributed by atoms with Crippen molar-refractivity contribution in [1.82, 2.24) is 15.5 Å². The lowest BCUT2D eigenvalue weighted by molar-refractivity contribution is 0.247. The highest BCUT2D eigenvalue weighted by Gasteiger charge is 2.28. The average molecular weight is 430 g/mol. The van der Waals surface area contributed by atoms with Gasteiger partial charge in [-0.15, -0.1) is 24.0 Å². The molecule has 0 amide bonds. The summed E-state index contributed by atoms with van der Waals surface area (Å²) < 4.78 is 0. The van der Waals surface area contributed by atoms with Crippen LogP contribution in [0.2, 0.25) is 0 Å². The Morgan fingerprint density at radius 3 is 2.35 bits per heavy atom. The van der Waals surface area contributed by atoms with E-state index in [1.807, 2.05) is 7.05 Å². The molecule has 0 saturated heterocycles. The minimum Gasteiger partial charge on any atom is -0.356 e. The van der Waals surface area contributed by atoms with Gasteiger partial charge in [0.25, 0.3) is 0 Å². The highest BCUT2D eigenvalue weighted by atomic mass is 127. The van der Waals surface area contributed by atoms with Crippen LogP contribution in [-0.4, -0.2) is 50.1 Å².